The smallest absolute Gasteiger partial charge is 0.252 e. The number of rotatable bonds is 5. The van der Waals surface area contributed by atoms with Crippen LogP contribution in [-0.2, 0) is 4.79 Å². The number of piperidine rings is 1. The lowest BCUT2D eigenvalue weighted by Gasteiger charge is -2.32. The van der Waals surface area contributed by atoms with Crippen LogP contribution < -0.4 is 14.8 Å². The largest absolute Gasteiger partial charge is 0.493 e. The predicted molar refractivity (Wildman–Crippen MR) is 102 cm³/mol. The number of hydrogen-bond donors (Lipinski definition) is 1. The van der Waals surface area contributed by atoms with Crippen molar-refractivity contribution in [3.05, 3.63) is 21.3 Å². The Bertz CT molecular complexity index is 667. The molecule has 3 rings (SSSR count). The Hall–Kier alpha value is -1.51. The van der Waals surface area contributed by atoms with Crippen molar-refractivity contribution in [1.82, 2.24) is 10.2 Å². The van der Waals surface area contributed by atoms with Gasteiger partial charge >= 0.3 is 0 Å². The van der Waals surface area contributed by atoms with E-state index in [0.29, 0.717) is 23.0 Å². The lowest BCUT2D eigenvalue weighted by Crippen LogP contribution is -2.47. The van der Waals surface area contributed by atoms with E-state index in [9.17, 15) is 9.59 Å². The molecule has 1 heterocycles. The monoisotopic (exact) mass is 458 g/mol. The summed E-state index contributed by atoms with van der Waals surface area (Å²) in [4.78, 5) is 26.7. The zero-order valence-electron chi connectivity index (χ0n) is 14.5. The van der Waals surface area contributed by atoms with Crippen molar-refractivity contribution in [2.75, 3.05) is 27.3 Å². The number of nitrogens with one attached hydrogen (secondary N) is 1. The molecule has 0 bridgehead atoms. The van der Waals surface area contributed by atoms with E-state index in [1.165, 1.54) is 0 Å². The number of likely N-dealkylation sites (tertiary alicyclic amines) is 1. The number of amides is 2. The first kappa shape index (κ1) is 18.3. The molecule has 1 aromatic carbocycles. The second kappa shape index (κ2) is 7.80. The highest BCUT2D eigenvalue weighted by Gasteiger charge is 2.35. The zero-order valence-corrected chi connectivity index (χ0v) is 16.7. The van der Waals surface area contributed by atoms with E-state index in [1.54, 1.807) is 26.4 Å². The third-order valence-electron chi connectivity index (χ3n) is 4.79. The van der Waals surface area contributed by atoms with E-state index in [-0.39, 0.29) is 17.9 Å². The van der Waals surface area contributed by atoms with Crippen LogP contribution in [0, 0.1) is 9.49 Å². The summed E-state index contributed by atoms with van der Waals surface area (Å²) in [5.74, 6) is 1.59. The van der Waals surface area contributed by atoms with Gasteiger partial charge in [0.05, 0.1) is 19.8 Å². The first-order chi connectivity index (χ1) is 12.0. The maximum atomic E-state index is 12.6. The molecular formula is C18H23IN2O4. The lowest BCUT2D eigenvalue weighted by atomic mass is 10.0. The van der Waals surface area contributed by atoms with Crippen LogP contribution in [0.15, 0.2) is 12.1 Å². The number of hydrogen-bond acceptors (Lipinski definition) is 4. The molecule has 0 unspecified atom stereocenters. The van der Waals surface area contributed by atoms with Gasteiger partial charge in [0, 0.05) is 28.6 Å². The van der Waals surface area contributed by atoms with E-state index in [0.717, 1.165) is 42.3 Å². The van der Waals surface area contributed by atoms with E-state index in [4.69, 9.17) is 9.47 Å². The van der Waals surface area contributed by atoms with Crippen molar-refractivity contribution in [1.29, 1.82) is 0 Å². The van der Waals surface area contributed by atoms with Gasteiger partial charge in [-0.3, -0.25) is 9.59 Å². The van der Waals surface area contributed by atoms with Gasteiger partial charge in [0.1, 0.15) is 0 Å². The molecule has 1 aliphatic carbocycles. The fourth-order valence-electron chi connectivity index (χ4n) is 3.12. The van der Waals surface area contributed by atoms with Crippen LogP contribution in [0.4, 0.5) is 0 Å². The lowest BCUT2D eigenvalue weighted by molar-refractivity contribution is -0.133. The Kier molecular flexibility index (Phi) is 5.71. The molecule has 0 spiro atoms. The Morgan fingerprint density at radius 2 is 1.68 bits per heavy atom. The van der Waals surface area contributed by atoms with Crippen LogP contribution in [0.25, 0.3) is 0 Å². The number of nitrogens with zero attached hydrogens (tertiary/aromatic N) is 1. The van der Waals surface area contributed by atoms with Gasteiger partial charge in [-0.1, -0.05) is 0 Å². The van der Waals surface area contributed by atoms with Gasteiger partial charge in [-0.25, -0.2) is 0 Å². The molecule has 2 aliphatic rings. The Morgan fingerprint density at radius 3 is 2.24 bits per heavy atom. The average Bonchev–Trinajstić information content (AvgIpc) is 3.46. The number of halogens is 1. The van der Waals surface area contributed by atoms with E-state index < -0.39 is 0 Å². The maximum Gasteiger partial charge on any atom is 0.252 e. The third-order valence-corrected chi connectivity index (χ3v) is 5.68. The van der Waals surface area contributed by atoms with E-state index in [1.807, 2.05) is 4.90 Å². The highest BCUT2D eigenvalue weighted by molar-refractivity contribution is 14.1. The number of carbonyl (C=O) groups is 2. The Balaban J connectivity index is 1.60. The zero-order chi connectivity index (χ0) is 18.0. The first-order valence-corrected chi connectivity index (χ1v) is 9.62. The summed E-state index contributed by atoms with van der Waals surface area (Å²) in [7, 11) is 3.13. The van der Waals surface area contributed by atoms with Crippen molar-refractivity contribution in [3.63, 3.8) is 0 Å². The molecule has 7 heteroatoms. The summed E-state index contributed by atoms with van der Waals surface area (Å²) >= 11 is 2.13. The summed E-state index contributed by atoms with van der Waals surface area (Å²) in [6, 6.07) is 3.60. The standard InChI is InChI=1S/C18H23IN2O4/c1-24-15-9-13(14(19)10-16(15)25-2)17(22)20-12-5-7-21(8-6-12)18(23)11-3-4-11/h9-12H,3-8H2,1-2H3,(H,20,22). The van der Waals surface area contributed by atoms with Crippen molar-refractivity contribution in [2.24, 2.45) is 5.92 Å². The average molecular weight is 458 g/mol. The fourth-order valence-corrected chi connectivity index (χ4v) is 3.81. The minimum absolute atomic E-state index is 0.0969. The van der Waals surface area contributed by atoms with Gasteiger partial charge in [0.25, 0.3) is 5.91 Å². The second-order valence-corrected chi connectivity index (χ2v) is 7.70. The normalized spacial score (nSPS) is 18.0. The molecule has 1 saturated carbocycles. The molecule has 1 saturated heterocycles. The van der Waals surface area contributed by atoms with Crippen LogP contribution in [0.5, 0.6) is 11.5 Å². The minimum Gasteiger partial charge on any atom is -0.493 e. The third kappa shape index (κ3) is 4.19. The molecule has 136 valence electrons. The predicted octanol–water partition coefficient (Wildman–Crippen LogP) is 2.44. The van der Waals surface area contributed by atoms with Crippen molar-refractivity contribution in [3.8, 4) is 11.5 Å². The van der Waals surface area contributed by atoms with Gasteiger partial charge in [0.2, 0.25) is 5.91 Å². The van der Waals surface area contributed by atoms with Crippen LogP contribution in [0.2, 0.25) is 0 Å². The molecule has 2 amide bonds. The van der Waals surface area contributed by atoms with Crippen molar-refractivity contribution >= 4 is 34.4 Å². The van der Waals surface area contributed by atoms with Gasteiger partial charge in [0.15, 0.2) is 11.5 Å². The molecule has 25 heavy (non-hydrogen) atoms. The van der Waals surface area contributed by atoms with Gasteiger partial charge in [-0.2, -0.15) is 0 Å². The summed E-state index contributed by atoms with van der Waals surface area (Å²) in [6.07, 6.45) is 3.67. The van der Waals surface area contributed by atoms with E-state index in [2.05, 4.69) is 27.9 Å². The molecule has 1 N–H and O–H groups in total. The van der Waals surface area contributed by atoms with Crippen molar-refractivity contribution in [2.45, 2.75) is 31.7 Å². The van der Waals surface area contributed by atoms with Gasteiger partial charge in [-0.15, -0.1) is 0 Å². The van der Waals surface area contributed by atoms with Crippen LogP contribution >= 0.6 is 22.6 Å². The molecule has 6 nitrogen and oxygen atoms in total. The minimum atomic E-state index is -0.114. The molecular weight excluding hydrogens is 435 g/mol. The highest BCUT2D eigenvalue weighted by atomic mass is 127. The van der Waals surface area contributed by atoms with Crippen LogP contribution in [-0.4, -0.2) is 50.1 Å². The summed E-state index contributed by atoms with van der Waals surface area (Å²) < 4.78 is 11.4. The topological polar surface area (TPSA) is 67.9 Å². The number of benzene rings is 1. The van der Waals surface area contributed by atoms with Crippen LogP contribution in [0.1, 0.15) is 36.0 Å². The number of methoxy groups -OCH3 is 2. The molecule has 0 aromatic heterocycles. The Morgan fingerprint density at radius 1 is 1.08 bits per heavy atom. The van der Waals surface area contributed by atoms with Crippen LogP contribution in [0.3, 0.4) is 0 Å². The fraction of sp³-hybridized carbons (Fsp3) is 0.556. The Labute approximate surface area is 161 Å². The highest BCUT2D eigenvalue weighted by Crippen LogP contribution is 2.33. The molecule has 0 radical (unpaired) electrons. The molecule has 1 aromatic rings. The van der Waals surface area contributed by atoms with Gasteiger partial charge in [-0.05, 0) is 60.4 Å². The van der Waals surface area contributed by atoms with E-state index >= 15 is 0 Å². The number of carbonyl (C=O) groups excluding carboxylic acids is 2. The molecule has 2 fully saturated rings. The van der Waals surface area contributed by atoms with Gasteiger partial charge < -0.3 is 19.7 Å². The van der Waals surface area contributed by atoms with Crippen molar-refractivity contribution < 1.29 is 19.1 Å². The quantitative estimate of drug-likeness (QED) is 0.689. The molecule has 0 atom stereocenters. The second-order valence-electron chi connectivity index (χ2n) is 6.53. The summed E-state index contributed by atoms with van der Waals surface area (Å²) in [5.41, 5.74) is 0.578. The molecule has 1 aliphatic heterocycles. The first-order valence-electron chi connectivity index (χ1n) is 8.54. The SMILES string of the molecule is COc1cc(I)c(C(=O)NC2CCN(C(=O)C3CC3)CC2)cc1OC. The summed E-state index contributed by atoms with van der Waals surface area (Å²) in [5, 5.41) is 3.09. The maximum absolute atomic E-state index is 12.6. The summed E-state index contributed by atoms with van der Waals surface area (Å²) in [6.45, 7) is 1.45. The number of ether oxygens (including phenoxy) is 2.